The monoisotopic (exact) mass is 594 g/mol. The Hall–Kier alpha value is -2.53. The van der Waals surface area contributed by atoms with Crippen LogP contribution in [0.1, 0.15) is 18.1 Å². The lowest BCUT2D eigenvalue weighted by molar-refractivity contribution is -0.139. The molecule has 0 atom stereocenters. The van der Waals surface area contributed by atoms with Gasteiger partial charge in [0.1, 0.15) is 13.2 Å². The Bertz CT molecular complexity index is 1180. The lowest BCUT2D eigenvalue weighted by Gasteiger charge is -2.28. The molecule has 36 heavy (non-hydrogen) atoms. The summed E-state index contributed by atoms with van der Waals surface area (Å²) in [6, 6.07) is 10.9. The first kappa shape index (κ1) is 26.5. The van der Waals surface area contributed by atoms with Crippen molar-refractivity contribution in [3.05, 3.63) is 61.9 Å². The van der Waals surface area contributed by atoms with Crippen LogP contribution in [0.3, 0.4) is 0 Å². The molecule has 2 heterocycles. The zero-order valence-electron chi connectivity index (χ0n) is 19.5. The lowest BCUT2D eigenvalue weighted by Crippen LogP contribution is -2.46. The Morgan fingerprint density at radius 1 is 1.17 bits per heavy atom. The summed E-state index contributed by atoms with van der Waals surface area (Å²) >= 11 is 10.3. The van der Waals surface area contributed by atoms with Crippen LogP contribution in [0.2, 0.25) is 5.02 Å². The van der Waals surface area contributed by atoms with Gasteiger partial charge in [-0.05, 0) is 76.1 Å². The third-order valence-electron chi connectivity index (χ3n) is 5.46. The summed E-state index contributed by atoms with van der Waals surface area (Å²) in [7, 11) is 0. The molecule has 2 aliphatic rings. The van der Waals surface area contributed by atoms with Gasteiger partial charge in [0, 0.05) is 18.1 Å². The van der Waals surface area contributed by atoms with Crippen molar-refractivity contribution in [3.63, 3.8) is 0 Å². The van der Waals surface area contributed by atoms with Gasteiger partial charge in [-0.25, -0.2) is 0 Å². The largest absolute Gasteiger partial charge is 0.490 e. The van der Waals surface area contributed by atoms with Crippen molar-refractivity contribution < 1.29 is 28.6 Å². The summed E-state index contributed by atoms with van der Waals surface area (Å²) in [6.45, 7) is 4.09. The van der Waals surface area contributed by atoms with E-state index >= 15 is 0 Å². The number of imide groups is 1. The molecule has 0 aliphatic carbocycles. The number of thioether (sulfide) groups is 1. The summed E-state index contributed by atoms with van der Waals surface area (Å²) in [5, 5.41) is 0.175. The van der Waals surface area contributed by atoms with Crippen LogP contribution in [0.4, 0.5) is 4.79 Å². The predicted molar refractivity (Wildman–Crippen MR) is 141 cm³/mol. The molecule has 4 rings (SSSR count). The van der Waals surface area contributed by atoms with E-state index in [-0.39, 0.29) is 17.4 Å². The first-order chi connectivity index (χ1) is 17.4. The van der Waals surface area contributed by atoms with Gasteiger partial charge in [-0.2, -0.15) is 0 Å². The molecule has 0 bridgehead atoms. The number of morpholine rings is 1. The van der Waals surface area contributed by atoms with Gasteiger partial charge in [0.2, 0.25) is 5.91 Å². The minimum absolute atomic E-state index is 0.235. The van der Waals surface area contributed by atoms with Gasteiger partial charge in [0.25, 0.3) is 11.1 Å². The smallest absolute Gasteiger partial charge is 0.294 e. The molecule has 0 radical (unpaired) electrons. The summed E-state index contributed by atoms with van der Waals surface area (Å²) < 4.78 is 17.7. The van der Waals surface area contributed by atoms with E-state index in [1.165, 1.54) is 0 Å². The Kier molecular flexibility index (Phi) is 8.95. The van der Waals surface area contributed by atoms with Crippen LogP contribution in [0, 0.1) is 0 Å². The van der Waals surface area contributed by atoms with Crippen LogP contribution < -0.4 is 9.47 Å². The number of ether oxygens (including phenoxy) is 3. The van der Waals surface area contributed by atoms with Crippen LogP contribution in [-0.2, 0) is 20.9 Å². The van der Waals surface area contributed by atoms with Crippen molar-refractivity contribution >= 4 is 62.4 Å². The van der Waals surface area contributed by atoms with Crippen molar-refractivity contribution in [2.24, 2.45) is 0 Å². The van der Waals surface area contributed by atoms with Crippen LogP contribution >= 0.6 is 39.3 Å². The van der Waals surface area contributed by atoms with Gasteiger partial charge in [-0.15, -0.1) is 0 Å². The Morgan fingerprint density at radius 2 is 1.89 bits per heavy atom. The highest BCUT2D eigenvalue weighted by Gasteiger charge is 2.37. The second kappa shape index (κ2) is 12.1. The molecule has 2 aliphatic heterocycles. The second-order valence-corrected chi connectivity index (χ2v) is 10.2. The zero-order chi connectivity index (χ0) is 25.7. The van der Waals surface area contributed by atoms with E-state index in [2.05, 4.69) is 15.9 Å². The van der Waals surface area contributed by atoms with E-state index < -0.39 is 11.1 Å². The van der Waals surface area contributed by atoms with Crippen molar-refractivity contribution in [2.45, 2.75) is 13.5 Å². The van der Waals surface area contributed by atoms with E-state index in [1.54, 1.807) is 35.2 Å². The number of hydrogen-bond acceptors (Lipinski definition) is 7. The van der Waals surface area contributed by atoms with Gasteiger partial charge < -0.3 is 19.1 Å². The highest BCUT2D eigenvalue weighted by Crippen LogP contribution is 2.39. The Morgan fingerprint density at radius 3 is 2.58 bits per heavy atom. The molecule has 2 saturated heterocycles. The third kappa shape index (κ3) is 6.42. The quantitative estimate of drug-likeness (QED) is 0.398. The lowest BCUT2D eigenvalue weighted by atomic mass is 10.1. The van der Waals surface area contributed by atoms with Crippen molar-refractivity contribution in [2.75, 3.05) is 39.5 Å². The maximum atomic E-state index is 12.9. The number of nitrogens with zero attached hydrogens (tertiary/aromatic N) is 2. The summed E-state index contributed by atoms with van der Waals surface area (Å²) in [5.74, 6) is 0.246. The van der Waals surface area contributed by atoms with E-state index in [4.69, 9.17) is 25.8 Å². The van der Waals surface area contributed by atoms with E-state index in [0.29, 0.717) is 66.1 Å². The fourth-order valence-electron chi connectivity index (χ4n) is 3.65. The van der Waals surface area contributed by atoms with Crippen molar-refractivity contribution in [1.29, 1.82) is 0 Å². The molecule has 2 aromatic rings. The number of rotatable bonds is 8. The average Bonchev–Trinajstić information content (AvgIpc) is 3.12. The molecule has 11 heteroatoms. The normalized spacial score (nSPS) is 17.1. The van der Waals surface area contributed by atoms with Gasteiger partial charge >= 0.3 is 0 Å². The number of carbonyl (C=O) groups is 3. The highest BCUT2D eigenvalue weighted by molar-refractivity contribution is 9.10. The molecule has 0 spiro atoms. The van der Waals surface area contributed by atoms with Crippen LogP contribution in [-0.4, -0.2) is 66.3 Å². The standard InChI is InChI=1S/C25H24BrClN2O6S/c1-2-34-20-12-17(11-19(26)23(20)35-15-16-3-5-18(27)6-4-16)13-21-24(31)29(25(32)36-21)14-22(30)28-7-9-33-10-8-28/h3-6,11-13H,2,7-10,14-15H2,1H3/b21-13+. The molecule has 2 aromatic carbocycles. The molecule has 8 nitrogen and oxygen atoms in total. The first-order valence-electron chi connectivity index (χ1n) is 11.3. The van der Waals surface area contributed by atoms with Crippen LogP contribution in [0.15, 0.2) is 45.8 Å². The topological polar surface area (TPSA) is 85.4 Å². The van der Waals surface area contributed by atoms with Crippen molar-refractivity contribution in [3.8, 4) is 11.5 Å². The number of benzene rings is 2. The molecule has 0 N–H and O–H groups in total. The van der Waals surface area contributed by atoms with Crippen LogP contribution in [0.25, 0.3) is 6.08 Å². The Labute approximate surface area is 226 Å². The first-order valence-corrected chi connectivity index (χ1v) is 13.3. The number of amides is 3. The fraction of sp³-hybridized carbons (Fsp3) is 0.320. The Balaban J connectivity index is 1.50. The van der Waals surface area contributed by atoms with Gasteiger partial charge in [-0.3, -0.25) is 19.3 Å². The zero-order valence-corrected chi connectivity index (χ0v) is 22.7. The number of halogens is 2. The molecular weight excluding hydrogens is 572 g/mol. The third-order valence-corrected chi connectivity index (χ3v) is 7.21. The van der Waals surface area contributed by atoms with Gasteiger partial charge in [-0.1, -0.05) is 23.7 Å². The maximum absolute atomic E-state index is 12.9. The molecule has 3 amide bonds. The number of hydrogen-bond donors (Lipinski definition) is 0. The SMILES string of the molecule is CCOc1cc(/C=C2/SC(=O)N(CC(=O)N3CCOCC3)C2=O)cc(Br)c1OCc1ccc(Cl)cc1. The molecule has 0 saturated carbocycles. The fourth-order valence-corrected chi connectivity index (χ4v) is 5.18. The molecule has 0 aromatic heterocycles. The van der Waals surface area contributed by atoms with Crippen LogP contribution in [0.5, 0.6) is 11.5 Å². The van der Waals surface area contributed by atoms with E-state index in [9.17, 15) is 14.4 Å². The summed E-state index contributed by atoms with van der Waals surface area (Å²) in [4.78, 5) is 40.8. The molecular formula is C25H24BrClN2O6S. The van der Waals surface area contributed by atoms with Gasteiger partial charge in [0.15, 0.2) is 11.5 Å². The number of carbonyl (C=O) groups excluding carboxylic acids is 3. The van der Waals surface area contributed by atoms with E-state index in [0.717, 1.165) is 22.2 Å². The van der Waals surface area contributed by atoms with Crippen molar-refractivity contribution in [1.82, 2.24) is 9.80 Å². The molecule has 190 valence electrons. The highest BCUT2D eigenvalue weighted by atomic mass is 79.9. The molecule has 2 fully saturated rings. The minimum atomic E-state index is -0.497. The van der Waals surface area contributed by atoms with Gasteiger partial charge in [0.05, 0.1) is 29.2 Å². The average molecular weight is 596 g/mol. The minimum Gasteiger partial charge on any atom is -0.490 e. The molecule has 0 unspecified atom stereocenters. The predicted octanol–water partition coefficient (Wildman–Crippen LogP) is 4.98. The van der Waals surface area contributed by atoms with E-state index in [1.807, 2.05) is 19.1 Å². The second-order valence-electron chi connectivity index (χ2n) is 7.94. The summed E-state index contributed by atoms with van der Waals surface area (Å²) in [6.07, 6.45) is 1.61. The maximum Gasteiger partial charge on any atom is 0.294 e. The summed E-state index contributed by atoms with van der Waals surface area (Å²) in [5.41, 5.74) is 1.59.